The Labute approximate surface area is 120 Å². The third-order valence-electron chi connectivity index (χ3n) is 3.96. The predicted octanol–water partition coefficient (Wildman–Crippen LogP) is 3.28. The first-order chi connectivity index (χ1) is 8.97. The average Bonchev–Trinajstić information content (AvgIpc) is 2.32. The molecule has 4 nitrogen and oxygen atoms in total. The second kappa shape index (κ2) is 5.04. The molecule has 1 aromatic carbocycles. The molecule has 1 aromatic rings. The summed E-state index contributed by atoms with van der Waals surface area (Å²) >= 11 is 3.47. The number of benzene rings is 1. The molecule has 0 atom stereocenters. The summed E-state index contributed by atoms with van der Waals surface area (Å²) in [6, 6.07) is 1.81. The maximum atomic E-state index is 11.7. The highest BCUT2D eigenvalue weighted by molar-refractivity contribution is 9.10. The molecule has 1 aliphatic carbocycles. The Hall–Kier alpha value is -1.23. The van der Waals surface area contributed by atoms with E-state index in [0.717, 1.165) is 22.0 Å². The second-order valence-electron chi connectivity index (χ2n) is 4.83. The Morgan fingerprint density at radius 2 is 2.00 bits per heavy atom. The van der Waals surface area contributed by atoms with Crippen LogP contribution in [0.1, 0.15) is 30.4 Å². The molecule has 1 saturated carbocycles. The molecule has 0 radical (unpaired) electrons. The molecule has 1 fully saturated rings. The molecule has 5 heteroatoms. The van der Waals surface area contributed by atoms with Gasteiger partial charge in [0.15, 0.2) is 11.5 Å². The largest absolute Gasteiger partial charge is 0.493 e. The molecule has 19 heavy (non-hydrogen) atoms. The molecule has 0 spiro atoms. The number of ether oxygens (including phenoxy) is 2. The van der Waals surface area contributed by atoms with Gasteiger partial charge < -0.3 is 14.6 Å². The molecule has 1 N–H and O–H groups in total. The normalized spacial score (nSPS) is 16.6. The van der Waals surface area contributed by atoms with Crippen molar-refractivity contribution in [3.8, 4) is 11.5 Å². The molecule has 104 valence electrons. The van der Waals surface area contributed by atoms with Crippen LogP contribution in [0.3, 0.4) is 0 Å². The third kappa shape index (κ3) is 2.00. The average molecular weight is 329 g/mol. The number of aliphatic carboxylic acids is 1. The van der Waals surface area contributed by atoms with E-state index in [1.54, 1.807) is 14.2 Å². The van der Waals surface area contributed by atoms with Gasteiger partial charge in [-0.05, 0) is 31.4 Å². The Morgan fingerprint density at radius 1 is 1.37 bits per heavy atom. The minimum Gasteiger partial charge on any atom is -0.493 e. The maximum absolute atomic E-state index is 11.7. The van der Waals surface area contributed by atoms with E-state index in [0.29, 0.717) is 24.3 Å². The van der Waals surface area contributed by atoms with Crippen LogP contribution >= 0.6 is 15.9 Å². The van der Waals surface area contributed by atoms with Gasteiger partial charge in [0.05, 0.1) is 19.6 Å². The first-order valence-corrected chi connectivity index (χ1v) is 6.92. The van der Waals surface area contributed by atoms with Crippen molar-refractivity contribution in [2.75, 3.05) is 14.2 Å². The Morgan fingerprint density at radius 3 is 2.37 bits per heavy atom. The first-order valence-electron chi connectivity index (χ1n) is 6.13. The van der Waals surface area contributed by atoms with E-state index in [4.69, 9.17) is 9.47 Å². The molecule has 0 unspecified atom stereocenters. The van der Waals surface area contributed by atoms with Crippen LogP contribution in [-0.4, -0.2) is 25.3 Å². The molecule has 0 aliphatic heterocycles. The number of carboxylic acid groups (broad SMARTS) is 1. The van der Waals surface area contributed by atoms with Crippen LogP contribution < -0.4 is 9.47 Å². The summed E-state index contributed by atoms with van der Waals surface area (Å²) < 4.78 is 11.6. The number of carbonyl (C=O) groups is 1. The Kier molecular flexibility index (Phi) is 3.76. The van der Waals surface area contributed by atoms with E-state index in [1.165, 1.54) is 0 Å². The van der Waals surface area contributed by atoms with Gasteiger partial charge in [0.25, 0.3) is 0 Å². The molecule has 1 aliphatic rings. The monoisotopic (exact) mass is 328 g/mol. The predicted molar refractivity (Wildman–Crippen MR) is 75.1 cm³/mol. The molecular formula is C14H17BrO4. The minimum absolute atomic E-state index is 0.533. The molecule has 0 amide bonds. The van der Waals surface area contributed by atoms with Crippen LogP contribution in [0.4, 0.5) is 0 Å². The van der Waals surface area contributed by atoms with E-state index in [-0.39, 0.29) is 0 Å². The van der Waals surface area contributed by atoms with Gasteiger partial charge in [-0.25, -0.2) is 0 Å². The number of methoxy groups -OCH3 is 2. The number of carboxylic acids is 1. The van der Waals surface area contributed by atoms with Gasteiger partial charge in [-0.15, -0.1) is 0 Å². The van der Waals surface area contributed by atoms with Crippen LogP contribution in [0.2, 0.25) is 0 Å². The Balaban J connectivity index is 2.73. The van der Waals surface area contributed by atoms with Crippen molar-refractivity contribution in [1.29, 1.82) is 0 Å². The zero-order valence-corrected chi connectivity index (χ0v) is 12.8. The van der Waals surface area contributed by atoms with Crippen molar-refractivity contribution in [1.82, 2.24) is 0 Å². The van der Waals surface area contributed by atoms with E-state index in [2.05, 4.69) is 15.9 Å². The highest BCUT2D eigenvalue weighted by atomic mass is 79.9. The summed E-state index contributed by atoms with van der Waals surface area (Å²) in [6.07, 6.45) is 2.20. The topological polar surface area (TPSA) is 55.8 Å². The highest BCUT2D eigenvalue weighted by Crippen LogP contribution is 2.52. The summed E-state index contributed by atoms with van der Waals surface area (Å²) in [5.41, 5.74) is 0.798. The lowest BCUT2D eigenvalue weighted by Gasteiger charge is -2.40. The number of hydrogen-bond acceptors (Lipinski definition) is 3. The summed E-state index contributed by atoms with van der Waals surface area (Å²) in [4.78, 5) is 11.7. The van der Waals surface area contributed by atoms with Crippen molar-refractivity contribution >= 4 is 21.9 Å². The zero-order chi connectivity index (χ0) is 14.2. The van der Waals surface area contributed by atoms with E-state index in [9.17, 15) is 9.90 Å². The SMILES string of the molecule is COc1cc(Br)c(C)c(C2(C(=O)O)CCC2)c1OC. The molecule has 0 saturated heterocycles. The standard InChI is InChI=1S/C14H17BrO4/c1-8-9(15)7-10(18-2)12(19-3)11(8)14(13(16)17)5-4-6-14/h7H,4-6H2,1-3H3,(H,16,17). The molecule has 0 bridgehead atoms. The van der Waals surface area contributed by atoms with Crippen molar-refractivity contribution in [3.05, 3.63) is 21.7 Å². The lowest BCUT2D eigenvalue weighted by atomic mass is 9.63. The fourth-order valence-corrected chi connectivity index (χ4v) is 3.14. The molecular weight excluding hydrogens is 312 g/mol. The quantitative estimate of drug-likeness (QED) is 0.921. The molecule has 0 aromatic heterocycles. The van der Waals surface area contributed by atoms with Gasteiger partial charge in [-0.1, -0.05) is 22.4 Å². The summed E-state index contributed by atoms with van der Waals surface area (Å²) in [6.45, 7) is 1.91. The summed E-state index contributed by atoms with van der Waals surface area (Å²) in [5, 5.41) is 9.62. The van der Waals surface area contributed by atoms with E-state index in [1.807, 2.05) is 13.0 Å². The van der Waals surface area contributed by atoms with E-state index >= 15 is 0 Å². The van der Waals surface area contributed by atoms with Gasteiger partial charge in [0, 0.05) is 10.0 Å². The smallest absolute Gasteiger partial charge is 0.314 e. The van der Waals surface area contributed by atoms with Gasteiger partial charge in [-0.3, -0.25) is 4.79 Å². The maximum Gasteiger partial charge on any atom is 0.314 e. The van der Waals surface area contributed by atoms with Gasteiger partial charge >= 0.3 is 5.97 Å². The van der Waals surface area contributed by atoms with Gasteiger partial charge in [0.2, 0.25) is 0 Å². The van der Waals surface area contributed by atoms with Gasteiger partial charge in [-0.2, -0.15) is 0 Å². The molecule has 0 heterocycles. The fourth-order valence-electron chi connectivity index (χ4n) is 2.73. The summed E-state index contributed by atoms with van der Waals surface area (Å²) in [7, 11) is 3.10. The third-order valence-corrected chi connectivity index (χ3v) is 4.78. The van der Waals surface area contributed by atoms with Crippen molar-refractivity contribution in [3.63, 3.8) is 0 Å². The lowest BCUT2D eigenvalue weighted by molar-refractivity contribution is -0.147. The van der Waals surface area contributed by atoms with Crippen molar-refractivity contribution in [2.24, 2.45) is 0 Å². The fraction of sp³-hybridized carbons (Fsp3) is 0.500. The zero-order valence-electron chi connectivity index (χ0n) is 11.2. The van der Waals surface area contributed by atoms with Crippen LogP contribution in [0, 0.1) is 6.92 Å². The van der Waals surface area contributed by atoms with Crippen LogP contribution in [0.5, 0.6) is 11.5 Å². The minimum atomic E-state index is -0.841. The first kappa shape index (κ1) is 14.2. The molecule has 2 rings (SSSR count). The van der Waals surface area contributed by atoms with Crippen LogP contribution in [0.25, 0.3) is 0 Å². The number of hydrogen-bond donors (Lipinski definition) is 1. The highest BCUT2D eigenvalue weighted by Gasteiger charge is 2.49. The van der Waals surface area contributed by atoms with Crippen molar-refractivity contribution < 1.29 is 19.4 Å². The Bertz CT molecular complexity index is 521. The lowest BCUT2D eigenvalue weighted by Crippen LogP contribution is -2.43. The second-order valence-corrected chi connectivity index (χ2v) is 5.69. The van der Waals surface area contributed by atoms with Crippen molar-refractivity contribution in [2.45, 2.75) is 31.6 Å². The van der Waals surface area contributed by atoms with Gasteiger partial charge in [0.1, 0.15) is 0 Å². The van der Waals surface area contributed by atoms with Crippen LogP contribution in [-0.2, 0) is 10.2 Å². The van der Waals surface area contributed by atoms with E-state index < -0.39 is 11.4 Å². The van der Waals surface area contributed by atoms with Crippen LogP contribution in [0.15, 0.2) is 10.5 Å². The number of rotatable bonds is 4. The summed E-state index contributed by atoms with van der Waals surface area (Å²) in [5.74, 6) is 0.299. The number of halogens is 1.